The van der Waals surface area contributed by atoms with Crippen LogP contribution in [0.15, 0.2) is 34.9 Å². The van der Waals surface area contributed by atoms with Crippen LogP contribution >= 0.6 is 0 Å². The molecule has 1 aromatic carbocycles. The highest BCUT2D eigenvalue weighted by Crippen LogP contribution is 2.22. The Labute approximate surface area is 122 Å². The average molecular weight is 291 g/mol. The molecule has 0 N–H and O–H groups in total. The van der Waals surface area contributed by atoms with E-state index < -0.39 is 10.8 Å². The van der Waals surface area contributed by atoms with Gasteiger partial charge in [0.2, 0.25) is 0 Å². The minimum atomic E-state index is -0.959. The summed E-state index contributed by atoms with van der Waals surface area (Å²) in [5, 5.41) is 3.88. The molecule has 108 valence electrons. The predicted octanol–water partition coefficient (Wildman–Crippen LogP) is 3.73. The molecular weight excluding hydrogens is 270 g/mol. The smallest absolute Gasteiger partial charge is 0.133 e. The molecule has 2 rings (SSSR count). The molecule has 0 aliphatic rings. The lowest BCUT2D eigenvalue weighted by molar-refractivity contribution is 0.392. The molecule has 0 radical (unpaired) electrons. The summed E-state index contributed by atoms with van der Waals surface area (Å²) in [6.07, 6.45) is 0. The van der Waals surface area contributed by atoms with Gasteiger partial charge in [-0.05, 0) is 23.5 Å². The summed E-state index contributed by atoms with van der Waals surface area (Å²) in [6, 6.07) is 10.2. The second-order valence-electron chi connectivity index (χ2n) is 6.10. The Bertz CT molecular complexity index is 594. The lowest BCUT2D eigenvalue weighted by atomic mass is 9.87. The Hall–Kier alpha value is -1.42. The van der Waals surface area contributed by atoms with Crippen LogP contribution in [0.5, 0.6) is 0 Å². The number of hydrogen-bond acceptors (Lipinski definition) is 3. The highest BCUT2D eigenvalue weighted by molar-refractivity contribution is 7.83. The van der Waals surface area contributed by atoms with Crippen molar-refractivity contribution in [3.63, 3.8) is 0 Å². The minimum Gasteiger partial charge on any atom is -0.361 e. The molecule has 4 heteroatoms. The first kappa shape index (κ1) is 15.0. The average Bonchev–Trinajstić information content (AvgIpc) is 2.74. The van der Waals surface area contributed by atoms with Crippen LogP contribution in [0, 0.1) is 6.92 Å². The van der Waals surface area contributed by atoms with Crippen molar-refractivity contribution in [1.29, 1.82) is 0 Å². The van der Waals surface area contributed by atoms with E-state index in [-0.39, 0.29) is 5.41 Å². The fourth-order valence-corrected chi connectivity index (χ4v) is 3.12. The van der Waals surface area contributed by atoms with Gasteiger partial charge >= 0.3 is 0 Å². The zero-order valence-electron chi connectivity index (χ0n) is 12.5. The fraction of sp³-hybridized carbons (Fsp3) is 0.438. The van der Waals surface area contributed by atoms with E-state index in [9.17, 15) is 4.21 Å². The van der Waals surface area contributed by atoms with Crippen LogP contribution in [-0.4, -0.2) is 9.37 Å². The van der Waals surface area contributed by atoms with Crippen LogP contribution in [0.1, 0.15) is 43.4 Å². The molecule has 2 aromatic rings. The van der Waals surface area contributed by atoms with Crippen LogP contribution in [-0.2, 0) is 27.7 Å². The first-order valence-electron chi connectivity index (χ1n) is 6.71. The number of aromatic nitrogens is 1. The van der Waals surface area contributed by atoms with E-state index in [1.165, 1.54) is 5.56 Å². The van der Waals surface area contributed by atoms with Crippen LogP contribution in [0.4, 0.5) is 0 Å². The molecule has 0 unspecified atom stereocenters. The van der Waals surface area contributed by atoms with Crippen molar-refractivity contribution in [2.24, 2.45) is 0 Å². The largest absolute Gasteiger partial charge is 0.361 e. The van der Waals surface area contributed by atoms with Crippen LogP contribution < -0.4 is 0 Å². The van der Waals surface area contributed by atoms with Crippen molar-refractivity contribution in [3.05, 3.63) is 52.9 Å². The van der Waals surface area contributed by atoms with Crippen molar-refractivity contribution >= 4 is 10.8 Å². The minimum absolute atomic E-state index is 0.149. The quantitative estimate of drug-likeness (QED) is 0.862. The summed E-state index contributed by atoms with van der Waals surface area (Å²) in [4.78, 5) is 0. The van der Waals surface area contributed by atoms with Gasteiger partial charge in [-0.1, -0.05) is 50.2 Å². The first-order chi connectivity index (χ1) is 9.34. The van der Waals surface area contributed by atoms with Gasteiger partial charge in [-0.3, -0.25) is 4.21 Å². The van der Waals surface area contributed by atoms with Gasteiger partial charge in [0.05, 0.1) is 11.4 Å². The molecule has 0 fully saturated rings. The maximum atomic E-state index is 12.1. The Balaban J connectivity index is 1.98. The van der Waals surface area contributed by atoms with E-state index >= 15 is 0 Å². The van der Waals surface area contributed by atoms with E-state index in [2.05, 4.69) is 50.2 Å². The summed E-state index contributed by atoms with van der Waals surface area (Å²) < 4.78 is 17.1. The SMILES string of the molecule is Cc1cc(C[S@@](=O)Cc2ccc(C(C)(C)C)cc2)no1. The van der Waals surface area contributed by atoms with E-state index in [0.717, 1.165) is 17.0 Å². The zero-order chi connectivity index (χ0) is 14.8. The molecule has 1 heterocycles. The van der Waals surface area contributed by atoms with Gasteiger partial charge in [0.15, 0.2) is 0 Å². The maximum absolute atomic E-state index is 12.1. The number of aryl methyl sites for hydroxylation is 1. The van der Waals surface area contributed by atoms with E-state index in [0.29, 0.717) is 11.5 Å². The van der Waals surface area contributed by atoms with Crippen LogP contribution in [0.2, 0.25) is 0 Å². The second-order valence-corrected chi connectivity index (χ2v) is 7.56. The zero-order valence-corrected chi connectivity index (χ0v) is 13.3. The normalized spacial score (nSPS) is 13.4. The van der Waals surface area contributed by atoms with Gasteiger partial charge in [-0.2, -0.15) is 0 Å². The Morgan fingerprint density at radius 3 is 2.30 bits per heavy atom. The summed E-state index contributed by atoms with van der Waals surface area (Å²) in [7, 11) is -0.959. The monoisotopic (exact) mass is 291 g/mol. The highest BCUT2D eigenvalue weighted by atomic mass is 32.2. The third-order valence-electron chi connectivity index (χ3n) is 3.13. The molecule has 3 nitrogen and oxygen atoms in total. The summed E-state index contributed by atoms with van der Waals surface area (Å²) in [6.45, 7) is 8.40. The summed E-state index contributed by atoms with van der Waals surface area (Å²) in [5.41, 5.74) is 3.29. The van der Waals surface area contributed by atoms with Crippen LogP contribution in [0.3, 0.4) is 0 Å². The second kappa shape index (κ2) is 5.92. The van der Waals surface area contributed by atoms with Crippen molar-refractivity contribution in [3.8, 4) is 0 Å². The molecule has 0 saturated carbocycles. The lowest BCUT2D eigenvalue weighted by Crippen LogP contribution is -2.10. The maximum Gasteiger partial charge on any atom is 0.133 e. The molecular formula is C16H21NO2S. The van der Waals surface area contributed by atoms with Gasteiger partial charge in [0.25, 0.3) is 0 Å². The third-order valence-corrected chi connectivity index (χ3v) is 4.41. The summed E-state index contributed by atoms with van der Waals surface area (Å²) in [5.74, 6) is 1.75. The van der Waals surface area contributed by atoms with E-state index in [1.54, 1.807) is 0 Å². The van der Waals surface area contributed by atoms with Crippen LogP contribution in [0.25, 0.3) is 0 Å². The van der Waals surface area contributed by atoms with Crippen molar-refractivity contribution < 1.29 is 8.73 Å². The van der Waals surface area contributed by atoms with Crippen molar-refractivity contribution in [2.75, 3.05) is 0 Å². The van der Waals surface area contributed by atoms with E-state index in [4.69, 9.17) is 4.52 Å². The van der Waals surface area contributed by atoms with Gasteiger partial charge < -0.3 is 4.52 Å². The highest BCUT2D eigenvalue weighted by Gasteiger charge is 2.13. The molecule has 1 aromatic heterocycles. The lowest BCUT2D eigenvalue weighted by Gasteiger charge is -2.19. The Morgan fingerprint density at radius 2 is 1.80 bits per heavy atom. The van der Waals surface area contributed by atoms with Gasteiger partial charge in [-0.25, -0.2) is 0 Å². The third kappa shape index (κ3) is 4.04. The molecule has 0 amide bonds. The Kier molecular flexibility index (Phi) is 4.43. The standard InChI is InChI=1S/C16H21NO2S/c1-12-9-15(17-19-12)11-20(18)10-13-5-7-14(8-6-13)16(2,3)4/h5-9H,10-11H2,1-4H3/t20-/m0/s1. The number of rotatable bonds is 4. The number of hydrogen-bond donors (Lipinski definition) is 0. The topological polar surface area (TPSA) is 43.1 Å². The van der Waals surface area contributed by atoms with Gasteiger partial charge in [0, 0.05) is 22.6 Å². The number of benzene rings is 1. The molecule has 0 aliphatic carbocycles. The van der Waals surface area contributed by atoms with Crippen molar-refractivity contribution in [1.82, 2.24) is 5.16 Å². The van der Waals surface area contributed by atoms with Crippen molar-refractivity contribution in [2.45, 2.75) is 44.6 Å². The van der Waals surface area contributed by atoms with Gasteiger partial charge in [0.1, 0.15) is 5.76 Å². The molecule has 0 aliphatic heterocycles. The fourth-order valence-electron chi connectivity index (χ4n) is 1.99. The molecule has 0 spiro atoms. The van der Waals surface area contributed by atoms with Gasteiger partial charge in [-0.15, -0.1) is 0 Å². The van der Waals surface area contributed by atoms with E-state index in [1.807, 2.05) is 13.0 Å². The molecule has 0 saturated heterocycles. The Morgan fingerprint density at radius 1 is 1.15 bits per heavy atom. The number of nitrogens with zero attached hydrogens (tertiary/aromatic N) is 1. The first-order valence-corrected chi connectivity index (χ1v) is 8.20. The molecule has 20 heavy (non-hydrogen) atoms. The summed E-state index contributed by atoms with van der Waals surface area (Å²) >= 11 is 0. The molecule has 1 atom stereocenters. The molecule has 0 bridgehead atoms. The predicted molar refractivity (Wildman–Crippen MR) is 81.9 cm³/mol.